The van der Waals surface area contributed by atoms with E-state index in [0.29, 0.717) is 0 Å². The van der Waals surface area contributed by atoms with E-state index in [2.05, 4.69) is 6.58 Å². The van der Waals surface area contributed by atoms with Crippen LogP contribution < -0.4 is 4.57 Å². The van der Waals surface area contributed by atoms with Gasteiger partial charge in [-0.3, -0.25) is 0 Å². The number of hydrogen-bond donors (Lipinski definition) is 1. The largest absolute Gasteiger partial charge is 0.355 e. The first-order chi connectivity index (χ1) is 5.77. The van der Waals surface area contributed by atoms with E-state index in [1.54, 1.807) is 15.3 Å². The van der Waals surface area contributed by atoms with Gasteiger partial charge < -0.3 is 5.11 Å². The molecule has 0 bridgehead atoms. The minimum atomic E-state index is -0.406. The van der Waals surface area contributed by atoms with Crippen molar-refractivity contribution in [3.05, 3.63) is 25.3 Å². The lowest BCUT2D eigenvalue weighted by molar-refractivity contribution is -0.759. The molecule has 66 valence electrons. The minimum Gasteiger partial charge on any atom is -0.355 e. The third kappa shape index (κ3) is 1.95. The van der Waals surface area contributed by atoms with Crippen LogP contribution in [0.4, 0.5) is 0 Å². The number of aliphatic hydroxyl groups excluding tert-OH is 1. The number of rotatable bonds is 4. The van der Waals surface area contributed by atoms with Crippen LogP contribution >= 0.6 is 0 Å². The molecule has 0 amide bonds. The van der Waals surface area contributed by atoms with Crippen LogP contribution in [-0.2, 0) is 0 Å². The molecule has 0 aromatic carbocycles. The Labute approximate surface area is 72.6 Å². The monoisotopic (exact) mass is 167 g/mol. The van der Waals surface area contributed by atoms with Gasteiger partial charge in [-0.05, 0) is 6.42 Å². The molecule has 1 atom stereocenters. The van der Waals surface area contributed by atoms with Crippen LogP contribution in [0.2, 0.25) is 0 Å². The minimum absolute atomic E-state index is 0.406. The van der Waals surface area contributed by atoms with E-state index in [1.165, 1.54) is 0 Å². The normalized spacial score (nSPS) is 12.8. The molecule has 0 spiro atoms. The van der Waals surface area contributed by atoms with E-state index in [0.717, 1.165) is 12.8 Å². The molecular formula is C9H15N2O+. The molecule has 0 fully saturated rings. The Morgan fingerprint density at radius 1 is 1.75 bits per heavy atom. The summed E-state index contributed by atoms with van der Waals surface area (Å²) in [4.78, 5) is 0. The van der Waals surface area contributed by atoms with E-state index in [4.69, 9.17) is 0 Å². The highest BCUT2D eigenvalue weighted by Gasteiger charge is 2.10. The Morgan fingerprint density at radius 3 is 3.00 bits per heavy atom. The third-order valence-corrected chi connectivity index (χ3v) is 1.78. The van der Waals surface area contributed by atoms with Crippen LogP contribution in [0.3, 0.4) is 0 Å². The van der Waals surface area contributed by atoms with Gasteiger partial charge in [0.2, 0.25) is 0 Å². The second-order valence-electron chi connectivity index (χ2n) is 2.76. The van der Waals surface area contributed by atoms with Gasteiger partial charge in [-0.2, -0.15) is 0 Å². The molecule has 1 rings (SSSR count). The zero-order chi connectivity index (χ0) is 8.97. The number of hydrogen-bond acceptors (Lipinski definition) is 1. The summed E-state index contributed by atoms with van der Waals surface area (Å²) in [5, 5.41) is 9.54. The SMILES string of the molecule is C=Cn1cc[n+](C(O)CCC)c1. The summed E-state index contributed by atoms with van der Waals surface area (Å²) >= 11 is 0. The van der Waals surface area contributed by atoms with Crippen LogP contribution in [0.15, 0.2) is 25.3 Å². The second-order valence-corrected chi connectivity index (χ2v) is 2.76. The van der Waals surface area contributed by atoms with E-state index in [1.807, 2.05) is 25.6 Å². The standard InChI is InChI=1S/C9H15N2O/c1-3-5-9(12)11-7-6-10(4-2)8-11/h4,6-9,12H,2-3,5H2,1H3/q+1. The zero-order valence-electron chi connectivity index (χ0n) is 7.35. The van der Waals surface area contributed by atoms with Gasteiger partial charge in [0.25, 0.3) is 6.33 Å². The van der Waals surface area contributed by atoms with Gasteiger partial charge in [-0.15, -0.1) is 0 Å². The van der Waals surface area contributed by atoms with E-state index >= 15 is 0 Å². The molecular weight excluding hydrogens is 152 g/mol. The maximum atomic E-state index is 9.54. The molecule has 0 radical (unpaired) electrons. The summed E-state index contributed by atoms with van der Waals surface area (Å²) in [6, 6.07) is 0. The number of imidazole rings is 1. The van der Waals surface area contributed by atoms with Gasteiger partial charge in [0.1, 0.15) is 12.4 Å². The molecule has 12 heavy (non-hydrogen) atoms. The molecule has 1 aromatic rings. The van der Waals surface area contributed by atoms with Crippen molar-refractivity contribution in [1.29, 1.82) is 0 Å². The van der Waals surface area contributed by atoms with Crippen molar-refractivity contribution in [1.82, 2.24) is 4.57 Å². The van der Waals surface area contributed by atoms with E-state index < -0.39 is 6.23 Å². The lowest BCUT2D eigenvalue weighted by Crippen LogP contribution is -2.36. The molecule has 1 heterocycles. The van der Waals surface area contributed by atoms with Crippen molar-refractivity contribution in [2.75, 3.05) is 0 Å². The van der Waals surface area contributed by atoms with Crippen molar-refractivity contribution in [2.45, 2.75) is 26.0 Å². The summed E-state index contributed by atoms with van der Waals surface area (Å²) < 4.78 is 3.57. The van der Waals surface area contributed by atoms with E-state index in [9.17, 15) is 5.11 Å². The molecule has 1 N–H and O–H groups in total. The lowest BCUT2D eigenvalue weighted by atomic mass is 10.3. The van der Waals surface area contributed by atoms with Gasteiger partial charge >= 0.3 is 0 Å². The number of aromatic nitrogens is 2. The van der Waals surface area contributed by atoms with Crippen LogP contribution in [0.5, 0.6) is 0 Å². The smallest absolute Gasteiger partial charge is 0.250 e. The number of nitrogens with zero attached hydrogens (tertiary/aromatic N) is 2. The average molecular weight is 167 g/mol. The number of aliphatic hydroxyl groups is 1. The Kier molecular flexibility index (Phi) is 3.05. The third-order valence-electron chi connectivity index (χ3n) is 1.78. The maximum absolute atomic E-state index is 9.54. The first-order valence-corrected chi connectivity index (χ1v) is 4.16. The Bertz CT molecular complexity index is 255. The highest BCUT2D eigenvalue weighted by Crippen LogP contribution is 2.00. The van der Waals surface area contributed by atoms with Crippen molar-refractivity contribution >= 4 is 6.20 Å². The predicted molar refractivity (Wildman–Crippen MR) is 47.2 cm³/mol. The van der Waals surface area contributed by atoms with Gasteiger partial charge in [0, 0.05) is 6.42 Å². The molecule has 0 saturated carbocycles. The van der Waals surface area contributed by atoms with Crippen LogP contribution in [-0.4, -0.2) is 9.67 Å². The summed E-state index contributed by atoms with van der Waals surface area (Å²) in [5.41, 5.74) is 0. The average Bonchev–Trinajstić information content (AvgIpc) is 2.52. The second kappa shape index (κ2) is 4.07. The molecule has 0 aliphatic carbocycles. The highest BCUT2D eigenvalue weighted by atomic mass is 16.3. The summed E-state index contributed by atoms with van der Waals surface area (Å²) in [5.74, 6) is 0. The molecule has 0 aliphatic rings. The topological polar surface area (TPSA) is 29.0 Å². The Hall–Kier alpha value is -1.09. The molecule has 0 saturated heterocycles. The maximum Gasteiger partial charge on any atom is 0.250 e. The predicted octanol–water partition coefficient (Wildman–Crippen LogP) is 1.17. The highest BCUT2D eigenvalue weighted by molar-refractivity contribution is 5.13. The van der Waals surface area contributed by atoms with Gasteiger partial charge in [-0.1, -0.05) is 13.5 Å². The molecule has 1 unspecified atom stereocenters. The van der Waals surface area contributed by atoms with E-state index in [-0.39, 0.29) is 0 Å². The quantitative estimate of drug-likeness (QED) is 0.670. The molecule has 1 aromatic heterocycles. The summed E-state index contributed by atoms with van der Waals surface area (Å²) in [6.45, 7) is 5.67. The fourth-order valence-electron chi connectivity index (χ4n) is 1.08. The van der Waals surface area contributed by atoms with Gasteiger partial charge in [-0.25, -0.2) is 9.13 Å². The molecule has 3 heteroatoms. The lowest BCUT2D eigenvalue weighted by Gasteiger charge is -2.02. The van der Waals surface area contributed by atoms with Crippen molar-refractivity contribution < 1.29 is 9.67 Å². The van der Waals surface area contributed by atoms with Crippen molar-refractivity contribution in [3.63, 3.8) is 0 Å². The van der Waals surface area contributed by atoms with Crippen molar-refractivity contribution in [3.8, 4) is 0 Å². The fourth-order valence-corrected chi connectivity index (χ4v) is 1.08. The molecule has 0 aliphatic heterocycles. The summed E-state index contributed by atoms with van der Waals surface area (Å²) in [7, 11) is 0. The fraction of sp³-hybridized carbons (Fsp3) is 0.444. The van der Waals surface area contributed by atoms with Crippen LogP contribution in [0, 0.1) is 0 Å². The van der Waals surface area contributed by atoms with Crippen LogP contribution in [0.1, 0.15) is 26.0 Å². The Balaban J connectivity index is 2.67. The Morgan fingerprint density at radius 2 is 2.50 bits per heavy atom. The zero-order valence-corrected chi connectivity index (χ0v) is 7.35. The first kappa shape index (κ1) is 9.00. The van der Waals surface area contributed by atoms with Gasteiger partial charge in [0.15, 0.2) is 6.23 Å². The first-order valence-electron chi connectivity index (χ1n) is 4.16. The van der Waals surface area contributed by atoms with Crippen LogP contribution in [0.25, 0.3) is 6.20 Å². The van der Waals surface area contributed by atoms with Crippen molar-refractivity contribution in [2.24, 2.45) is 0 Å². The molecule has 3 nitrogen and oxygen atoms in total. The van der Waals surface area contributed by atoms with Gasteiger partial charge in [0.05, 0.1) is 6.20 Å². The summed E-state index contributed by atoms with van der Waals surface area (Å²) in [6.07, 6.45) is 8.55.